The van der Waals surface area contributed by atoms with Crippen LogP contribution in [0.25, 0.3) is 0 Å². The van der Waals surface area contributed by atoms with E-state index in [1.54, 1.807) is 0 Å². The zero-order valence-corrected chi connectivity index (χ0v) is 18.5. The van der Waals surface area contributed by atoms with Crippen LogP contribution in [0, 0.1) is 0 Å². The van der Waals surface area contributed by atoms with Gasteiger partial charge in [-0.2, -0.15) is 0 Å². The lowest BCUT2D eigenvalue weighted by Crippen LogP contribution is -1.86. The van der Waals surface area contributed by atoms with Crippen molar-refractivity contribution in [2.45, 2.75) is 75.0 Å². The Bertz CT molecular complexity index is 552. The number of rotatable bonds is 14. The minimum absolute atomic E-state index is 0.908. The molecule has 0 bridgehead atoms. The smallest absolute Gasteiger partial charge is 0.127 e. The summed E-state index contributed by atoms with van der Waals surface area (Å²) in [5, 5.41) is 0. The summed E-state index contributed by atoms with van der Waals surface area (Å²) in [5.74, 6) is 4.23. The molecule has 0 atom stereocenters. The molecule has 0 aliphatic heterocycles. The predicted molar refractivity (Wildman–Crippen MR) is 123 cm³/mol. The number of hydrogen-bond acceptors (Lipinski definition) is 3. The quantitative estimate of drug-likeness (QED) is 0.231. The van der Waals surface area contributed by atoms with Crippen molar-refractivity contribution >= 4 is 23.5 Å². The van der Waals surface area contributed by atoms with Crippen LogP contribution in [0.1, 0.15) is 65.2 Å². The second-order valence-corrected chi connectivity index (χ2v) is 9.20. The van der Waals surface area contributed by atoms with Crippen LogP contribution in [0.5, 0.6) is 11.5 Å². The van der Waals surface area contributed by atoms with Gasteiger partial charge in [0.25, 0.3) is 0 Å². The molecule has 2 aromatic carbocycles. The third-order valence-electron chi connectivity index (χ3n) is 4.42. The van der Waals surface area contributed by atoms with E-state index in [-0.39, 0.29) is 0 Å². The van der Waals surface area contributed by atoms with Gasteiger partial charge in [-0.1, -0.05) is 52.4 Å². The van der Waals surface area contributed by atoms with Gasteiger partial charge >= 0.3 is 0 Å². The molecule has 0 aliphatic rings. The Morgan fingerprint density at radius 3 is 1.33 bits per heavy atom. The fourth-order valence-electron chi connectivity index (χ4n) is 2.78. The highest BCUT2D eigenvalue weighted by molar-refractivity contribution is 7.99. The van der Waals surface area contributed by atoms with Gasteiger partial charge < -0.3 is 4.74 Å². The molecule has 2 aromatic rings. The van der Waals surface area contributed by atoms with Crippen LogP contribution in [0.2, 0.25) is 0 Å². The van der Waals surface area contributed by atoms with E-state index < -0.39 is 0 Å². The summed E-state index contributed by atoms with van der Waals surface area (Å²) < 4.78 is 5.98. The third kappa shape index (κ3) is 9.62. The first-order chi connectivity index (χ1) is 13.3. The lowest BCUT2D eigenvalue weighted by molar-refractivity contribution is 0.482. The summed E-state index contributed by atoms with van der Waals surface area (Å²) in [6.45, 7) is 4.51. The SMILES string of the molecule is CCCCCCSc1ccc(Oc2ccc(SCCCCCC)cc2)cc1. The summed E-state index contributed by atoms with van der Waals surface area (Å²) in [5.41, 5.74) is 0. The van der Waals surface area contributed by atoms with E-state index in [9.17, 15) is 0 Å². The molecule has 0 saturated carbocycles. The molecule has 0 amide bonds. The Morgan fingerprint density at radius 1 is 0.556 bits per heavy atom. The highest BCUT2D eigenvalue weighted by Crippen LogP contribution is 2.28. The molecule has 27 heavy (non-hydrogen) atoms. The van der Waals surface area contributed by atoms with Crippen molar-refractivity contribution in [3.63, 3.8) is 0 Å². The molecule has 0 saturated heterocycles. The highest BCUT2D eigenvalue weighted by atomic mass is 32.2. The number of hydrogen-bond donors (Lipinski definition) is 0. The van der Waals surface area contributed by atoms with Gasteiger partial charge in [0.15, 0.2) is 0 Å². The Kier molecular flexibility index (Phi) is 11.5. The van der Waals surface area contributed by atoms with Gasteiger partial charge in [-0.05, 0) is 72.9 Å². The third-order valence-corrected chi connectivity index (χ3v) is 6.61. The molecule has 0 N–H and O–H groups in total. The van der Waals surface area contributed by atoms with E-state index in [2.05, 4.69) is 62.4 Å². The van der Waals surface area contributed by atoms with Gasteiger partial charge in [0.2, 0.25) is 0 Å². The molecular weight excluding hydrogens is 368 g/mol. The Hall–Kier alpha value is -1.06. The zero-order valence-electron chi connectivity index (χ0n) is 16.9. The van der Waals surface area contributed by atoms with E-state index in [0.29, 0.717) is 0 Å². The maximum absolute atomic E-state index is 5.98. The average molecular weight is 403 g/mol. The molecule has 2 rings (SSSR count). The second kappa shape index (κ2) is 14.0. The first-order valence-corrected chi connectivity index (χ1v) is 12.4. The second-order valence-electron chi connectivity index (χ2n) is 6.86. The molecule has 0 aliphatic carbocycles. The number of ether oxygens (including phenoxy) is 1. The van der Waals surface area contributed by atoms with Gasteiger partial charge in [0.05, 0.1) is 0 Å². The summed E-state index contributed by atoms with van der Waals surface area (Å²) in [4.78, 5) is 2.65. The molecule has 3 heteroatoms. The van der Waals surface area contributed by atoms with E-state index in [4.69, 9.17) is 4.74 Å². The van der Waals surface area contributed by atoms with Crippen LogP contribution in [0.15, 0.2) is 58.3 Å². The number of benzene rings is 2. The predicted octanol–water partition coefficient (Wildman–Crippen LogP) is 8.82. The van der Waals surface area contributed by atoms with Crippen molar-refractivity contribution in [3.8, 4) is 11.5 Å². The van der Waals surface area contributed by atoms with Crippen molar-refractivity contribution in [2.24, 2.45) is 0 Å². The topological polar surface area (TPSA) is 9.23 Å². The van der Waals surface area contributed by atoms with Crippen LogP contribution in [-0.2, 0) is 0 Å². The number of thioether (sulfide) groups is 2. The molecule has 0 heterocycles. The summed E-state index contributed by atoms with van der Waals surface area (Å²) >= 11 is 3.88. The molecule has 0 unspecified atom stereocenters. The molecule has 0 fully saturated rings. The van der Waals surface area contributed by atoms with Crippen molar-refractivity contribution in [1.29, 1.82) is 0 Å². The fourth-order valence-corrected chi connectivity index (χ4v) is 4.61. The standard InChI is InChI=1S/C24H34OS2/c1-3-5-7-9-19-26-23-15-11-21(12-16-23)25-22-13-17-24(18-14-22)27-20-10-8-6-4-2/h11-18H,3-10,19-20H2,1-2H3. The van der Waals surface area contributed by atoms with Crippen molar-refractivity contribution in [2.75, 3.05) is 11.5 Å². The van der Waals surface area contributed by atoms with Crippen molar-refractivity contribution in [1.82, 2.24) is 0 Å². The number of unbranched alkanes of at least 4 members (excludes halogenated alkanes) is 6. The van der Waals surface area contributed by atoms with Gasteiger partial charge in [0, 0.05) is 9.79 Å². The lowest BCUT2D eigenvalue weighted by atomic mass is 10.2. The van der Waals surface area contributed by atoms with Crippen molar-refractivity contribution < 1.29 is 4.74 Å². The molecule has 0 spiro atoms. The highest BCUT2D eigenvalue weighted by Gasteiger charge is 2.01. The van der Waals surface area contributed by atoms with E-state index in [1.807, 2.05) is 23.5 Å². The normalized spacial score (nSPS) is 10.9. The van der Waals surface area contributed by atoms with Crippen LogP contribution >= 0.6 is 23.5 Å². The average Bonchev–Trinajstić information content (AvgIpc) is 2.70. The maximum Gasteiger partial charge on any atom is 0.127 e. The van der Waals surface area contributed by atoms with Crippen LogP contribution in [0.4, 0.5) is 0 Å². The minimum Gasteiger partial charge on any atom is -0.457 e. The first-order valence-electron chi connectivity index (χ1n) is 10.5. The first kappa shape index (κ1) is 22.2. The maximum atomic E-state index is 5.98. The van der Waals surface area contributed by atoms with Crippen LogP contribution in [0.3, 0.4) is 0 Å². The Labute approximate surface area is 174 Å². The summed E-state index contributed by atoms with van der Waals surface area (Å²) in [6, 6.07) is 17.0. The Balaban J connectivity index is 1.71. The van der Waals surface area contributed by atoms with Crippen LogP contribution in [-0.4, -0.2) is 11.5 Å². The van der Waals surface area contributed by atoms with E-state index in [0.717, 1.165) is 11.5 Å². The summed E-state index contributed by atoms with van der Waals surface area (Å²) in [7, 11) is 0. The lowest BCUT2D eigenvalue weighted by Gasteiger charge is -2.08. The Morgan fingerprint density at radius 2 is 0.963 bits per heavy atom. The summed E-state index contributed by atoms with van der Waals surface area (Å²) in [6.07, 6.45) is 10.6. The minimum atomic E-state index is 0.908. The van der Waals surface area contributed by atoms with E-state index in [1.165, 1.54) is 72.7 Å². The molecule has 0 aromatic heterocycles. The largest absolute Gasteiger partial charge is 0.457 e. The molecule has 1 nitrogen and oxygen atoms in total. The van der Waals surface area contributed by atoms with Gasteiger partial charge in [0.1, 0.15) is 11.5 Å². The van der Waals surface area contributed by atoms with E-state index >= 15 is 0 Å². The van der Waals surface area contributed by atoms with Gasteiger partial charge in [-0.3, -0.25) is 0 Å². The monoisotopic (exact) mass is 402 g/mol. The van der Waals surface area contributed by atoms with Gasteiger partial charge in [-0.25, -0.2) is 0 Å². The fraction of sp³-hybridized carbons (Fsp3) is 0.500. The molecule has 148 valence electrons. The van der Waals surface area contributed by atoms with Crippen molar-refractivity contribution in [3.05, 3.63) is 48.5 Å². The van der Waals surface area contributed by atoms with Gasteiger partial charge in [-0.15, -0.1) is 23.5 Å². The van der Waals surface area contributed by atoms with Crippen LogP contribution < -0.4 is 4.74 Å². The zero-order chi connectivity index (χ0) is 19.2. The molecular formula is C24H34OS2. The molecule has 0 radical (unpaired) electrons.